The first-order chi connectivity index (χ1) is 10.3. The lowest BCUT2D eigenvalue weighted by Crippen LogP contribution is -2.37. The zero-order chi connectivity index (χ0) is 15.1. The van der Waals surface area contributed by atoms with Gasteiger partial charge >= 0.3 is 0 Å². The van der Waals surface area contributed by atoms with E-state index in [4.69, 9.17) is 9.84 Å². The molecule has 0 bridgehead atoms. The van der Waals surface area contributed by atoms with E-state index in [0.717, 1.165) is 36.2 Å². The van der Waals surface area contributed by atoms with Crippen LogP contribution in [0.15, 0.2) is 18.2 Å². The highest BCUT2D eigenvalue weighted by molar-refractivity contribution is 8.00. The Morgan fingerprint density at radius 2 is 2.33 bits per heavy atom. The van der Waals surface area contributed by atoms with Crippen LogP contribution < -0.4 is 4.74 Å². The van der Waals surface area contributed by atoms with Crippen molar-refractivity contribution >= 4 is 11.8 Å². The SMILES string of the molecule is CCC1CN(Cc2cc(OC)ccc2C#CCO)CCS1. The van der Waals surface area contributed by atoms with Gasteiger partial charge in [-0.25, -0.2) is 0 Å². The minimum atomic E-state index is -0.107. The molecule has 1 saturated heterocycles. The Morgan fingerprint density at radius 3 is 3.05 bits per heavy atom. The molecule has 1 aliphatic heterocycles. The van der Waals surface area contributed by atoms with Crippen LogP contribution in [0.25, 0.3) is 0 Å². The number of ether oxygens (including phenoxy) is 1. The van der Waals surface area contributed by atoms with Crippen LogP contribution in [-0.4, -0.2) is 47.8 Å². The third-order valence-corrected chi connectivity index (χ3v) is 5.06. The first kappa shape index (κ1) is 16.2. The summed E-state index contributed by atoms with van der Waals surface area (Å²) in [7, 11) is 1.68. The van der Waals surface area contributed by atoms with Crippen LogP contribution in [0, 0.1) is 11.8 Å². The number of aliphatic hydroxyl groups is 1. The lowest BCUT2D eigenvalue weighted by atomic mass is 10.1. The van der Waals surface area contributed by atoms with Gasteiger partial charge in [0.25, 0.3) is 0 Å². The molecule has 0 amide bonds. The van der Waals surface area contributed by atoms with Gasteiger partial charge in [0, 0.05) is 36.2 Å². The summed E-state index contributed by atoms with van der Waals surface area (Å²) in [5.41, 5.74) is 2.16. The first-order valence-corrected chi connectivity index (χ1v) is 8.42. The number of rotatable bonds is 4. The van der Waals surface area contributed by atoms with E-state index in [9.17, 15) is 0 Å². The molecular formula is C17H23NO2S. The molecule has 3 nitrogen and oxygen atoms in total. The Balaban J connectivity index is 2.16. The van der Waals surface area contributed by atoms with Gasteiger partial charge in [-0.05, 0) is 30.2 Å². The molecule has 1 fully saturated rings. The van der Waals surface area contributed by atoms with Crippen LogP contribution in [0.3, 0.4) is 0 Å². The highest BCUT2D eigenvalue weighted by atomic mass is 32.2. The van der Waals surface area contributed by atoms with E-state index in [-0.39, 0.29) is 6.61 Å². The minimum Gasteiger partial charge on any atom is -0.497 e. The van der Waals surface area contributed by atoms with Gasteiger partial charge in [-0.3, -0.25) is 4.90 Å². The van der Waals surface area contributed by atoms with Gasteiger partial charge in [-0.15, -0.1) is 0 Å². The van der Waals surface area contributed by atoms with Crippen LogP contribution in [-0.2, 0) is 6.54 Å². The Morgan fingerprint density at radius 1 is 1.48 bits per heavy atom. The molecular weight excluding hydrogens is 282 g/mol. The van der Waals surface area contributed by atoms with Gasteiger partial charge in [0.2, 0.25) is 0 Å². The van der Waals surface area contributed by atoms with E-state index < -0.39 is 0 Å². The van der Waals surface area contributed by atoms with Crippen molar-refractivity contribution in [1.29, 1.82) is 0 Å². The molecule has 0 aromatic heterocycles. The van der Waals surface area contributed by atoms with Gasteiger partial charge in [0.05, 0.1) is 7.11 Å². The minimum absolute atomic E-state index is 0.107. The Kier molecular flexibility index (Phi) is 6.44. The number of hydrogen-bond acceptors (Lipinski definition) is 4. The lowest BCUT2D eigenvalue weighted by Gasteiger charge is -2.32. The second kappa shape index (κ2) is 8.33. The Labute approximate surface area is 131 Å². The molecule has 0 aliphatic carbocycles. The van der Waals surface area contributed by atoms with Crippen LogP contribution in [0.4, 0.5) is 0 Å². The molecule has 1 heterocycles. The summed E-state index contributed by atoms with van der Waals surface area (Å²) in [4.78, 5) is 2.49. The van der Waals surface area contributed by atoms with Crippen molar-refractivity contribution in [3.05, 3.63) is 29.3 Å². The summed E-state index contributed by atoms with van der Waals surface area (Å²) in [5.74, 6) is 7.84. The molecule has 2 rings (SSSR count). The third-order valence-electron chi connectivity index (χ3n) is 3.69. The zero-order valence-corrected chi connectivity index (χ0v) is 13.6. The highest BCUT2D eigenvalue weighted by Gasteiger charge is 2.19. The number of benzene rings is 1. The molecule has 0 spiro atoms. The monoisotopic (exact) mass is 305 g/mol. The van der Waals surface area contributed by atoms with Crippen molar-refractivity contribution in [3.63, 3.8) is 0 Å². The number of aliphatic hydroxyl groups excluding tert-OH is 1. The summed E-state index contributed by atoms with van der Waals surface area (Å²) in [6, 6.07) is 5.96. The fraction of sp³-hybridized carbons (Fsp3) is 0.529. The fourth-order valence-corrected chi connectivity index (χ4v) is 3.75. The smallest absolute Gasteiger partial charge is 0.119 e. The average molecular weight is 305 g/mol. The van der Waals surface area contributed by atoms with Gasteiger partial charge in [-0.2, -0.15) is 11.8 Å². The summed E-state index contributed by atoms with van der Waals surface area (Å²) >= 11 is 2.08. The number of nitrogens with zero attached hydrogens (tertiary/aromatic N) is 1. The first-order valence-electron chi connectivity index (χ1n) is 7.37. The number of methoxy groups -OCH3 is 1. The van der Waals surface area contributed by atoms with Crippen molar-refractivity contribution in [1.82, 2.24) is 4.90 Å². The molecule has 1 N–H and O–H groups in total. The van der Waals surface area contributed by atoms with Crippen LogP contribution >= 0.6 is 11.8 Å². The quantitative estimate of drug-likeness (QED) is 0.866. The fourth-order valence-electron chi connectivity index (χ4n) is 2.50. The summed E-state index contributed by atoms with van der Waals surface area (Å²) < 4.78 is 5.33. The standard InChI is InChI=1S/C17H23NO2S/c1-3-17-13-18(8-10-21-17)12-15-11-16(20-2)7-6-14(15)5-4-9-19/h6-7,11,17,19H,3,8-10,12-13H2,1-2H3. The molecule has 1 aliphatic rings. The molecule has 0 radical (unpaired) electrons. The van der Waals surface area contributed by atoms with E-state index in [1.54, 1.807) is 7.11 Å². The van der Waals surface area contributed by atoms with E-state index in [1.807, 2.05) is 12.1 Å². The summed E-state index contributed by atoms with van der Waals surface area (Å²) in [5, 5.41) is 9.63. The summed E-state index contributed by atoms with van der Waals surface area (Å²) in [6.45, 7) is 5.29. The molecule has 4 heteroatoms. The van der Waals surface area contributed by atoms with E-state index in [1.165, 1.54) is 17.7 Å². The molecule has 114 valence electrons. The van der Waals surface area contributed by atoms with Crippen LogP contribution in [0.2, 0.25) is 0 Å². The van der Waals surface area contributed by atoms with Crippen LogP contribution in [0.5, 0.6) is 5.75 Å². The van der Waals surface area contributed by atoms with Crippen molar-refractivity contribution in [2.45, 2.75) is 25.1 Å². The molecule has 21 heavy (non-hydrogen) atoms. The van der Waals surface area contributed by atoms with E-state index in [2.05, 4.69) is 41.5 Å². The third kappa shape index (κ3) is 4.67. The predicted molar refractivity (Wildman–Crippen MR) is 88.8 cm³/mol. The molecule has 1 aromatic carbocycles. The predicted octanol–water partition coefficient (Wildman–Crippen LogP) is 2.37. The highest BCUT2D eigenvalue weighted by Crippen LogP contribution is 2.24. The second-order valence-electron chi connectivity index (χ2n) is 5.12. The maximum atomic E-state index is 8.90. The second-order valence-corrected chi connectivity index (χ2v) is 6.53. The van der Waals surface area contributed by atoms with Crippen molar-refractivity contribution in [2.75, 3.05) is 32.6 Å². The van der Waals surface area contributed by atoms with Gasteiger partial charge in [0.15, 0.2) is 0 Å². The van der Waals surface area contributed by atoms with Crippen molar-refractivity contribution in [3.8, 4) is 17.6 Å². The Bertz CT molecular complexity index is 521. The molecule has 1 aromatic rings. The van der Waals surface area contributed by atoms with Gasteiger partial charge < -0.3 is 9.84 Å². The Hall–Kier alpha value is -1.15. The lowest BCUT2D eigenvalue weighted by molar-refractivity contribution is 0.272. The molecule has 0 saturated carbocycles. The van der Waals surface area contributed by atoms with Crippen molar-refractivity contribution in [2.24, 2.45) is 0 Å². The number of thioether (sulfide) groups is 1. The van der Waals surface area contributed by atoms with E-state index in [0.29, 0.717) is 0 Å². The topological polar surface area (TPSA) is 32.7 Å². The van der Waals surface area contributed by atoms with E-state index >= 15 is 0 Å². The van der Waals surface area contributed by atoms with Crippen LogP contribution in [0.1, 0.15) is 24.5 Å². The maximum absolute atomic E-state index is 8.90. The largest absolute Gasteiger partial charge is 0.497 e. The van der Waals surface area contributed by atoms with Gasteiger partial charge in [-0.1, -0.05) is 18.8 Å². The zero-order valence-electron chi connectivity index (χ0n) is 12.8. The average Bonchev–Trinajstić information content (AvgIpc) is 2.53. The maximum Gasteiger partial charge on any atom is 0.119 e. The summed E-state index contributed by atoms with van der Waals surface area (Å²) in [6.07, 6.45) is 1.22. The molecule has 1 unspecified atom stereocenters. The van der Waals surface area contributed by atoms with Gasteiger partial charge in [0.1, 0.15) is 12.4 Å². The molecule has 1 atom stereocenters. The number of hydrogen-bond donors (Lipinski definition) is 1. The van der Waals surface area contributed by atoms with Crippen molar-refractivity contribution < 1.29 is 9.84 Å². The normalized spacial score (nSPS) is 18.9.